The van der Waals surface area contributed by atoms with Crippen LogP contribution < -0.4 is 10.3 Å². The van der Waals surface area contributed by atoms with Crippen LogP contribution in [0.15, 0.2) is 64.5 Å². The number of benzene rings is 1. The van der Waals surface area contributed by atoms with Crippen molar-refractivity contribution in [3.63, 3.8) is 0 Å². The summed E-state index contributed by atoms with van der Waals surface area (Å²) in [4.78, 5) is 11.9. The molecule has 3 aromatic rings. The molecule has 2 aromatic heterocycles. The van der Waals surface area contributed by atoms with Crippen molar-refractivity contribution in [3.05, 3.63) is 70.2 Å². The summed E-state index contributed by atoms with van der Waals surface area (Å²) in [7, 11) is -3.77. The third-order valence-electron chi connectivity index (χ3n) is 3.33. The van der Waals surface area contributed by atoms with Crippen LogP contribution in [0.5, 0.6) is 0 Å². The molecule has 1 aromatic carbocycles. The Labute approximate surface area is 148 Å². The molecule has 10 heteroatoms. The Morgan fingerprint density at radius 3 is 2.64 bits per heavy atom. The summed E-state index contributed by atoms with van der Waals surface area (Å²) in [5.41, 5.74) is -0.340. The molecular formula is C15H14ClN5O3S. The van der Waals surface area contributed by atoms with E-state index in [2.05, 4.69) is 14.9 Å². The second kappa shape index (κ2) is 7.18. The maximum Gasteiger partial charge on any atom is 0.266 e. The van der Waals surface area contributed by atoms with E-state index < -0.39 is 10.0 Å². The lowest BCUT2D eigenvalue weighted by Gasteiger charge is -2.10. The topological polar surface area (TPSA) is 98.9 Å². The molecule has 0 aliphatic carbocycles. The number of sulfonamides is 1. The van der Waals surface area contributed by atoms with Gasteiger partial charge in [0.15, 0.2) is 5.82 Å². The lowest BCUT2D eigenvalue weighted by molar-refractivity contribution is 0.542. The predicted octanol–water partition coefficient (Wildman–Crippen LogP) is 1.06. The molecule has 0 saturated carbocycles. The van der Waals surface area contributed by atoms with Gasteiger partial charge in [-0.2, -0.15) is 5.10 Å². The van der Waals surface area contributed by atoms with Gasteiger partial charge in [0.05, 0.1) is 11.6 Å². The van der Waals surface area contributed by atoms with Gasteiger partial charge < -0.3 is 0 Å². The molecule has 0 atom stereocenters. The van der Waals surface area contributed by atoms with Gasteiger partial charge in [0.25, 0.3) is 5.56 Å². The molecule has 8 nitrogen and oxygen atoms in total. The molecule has 130 valence electrons. The highest BCUT2D eigenvalue weighted by atomic mass is 35.5. The first-order valence-electron chi connectivity index (χ1n) is 7.30. The first-order chi connectivity index (χ1) is 12.0. The molecule has 0 saturated heterocycles. The van der Waals surface area contributed by atoms with E-state index in [0.717, 1.165) is 0 Å². The van der Waals surface area contributed by atoms with E-state index in [1.807, 2.05) is 0 Å². The molecule has 0 unspecified atom stereocenters. The third-order valence-corrected chi connectivity index (χ3v) is 5.29. The molecule has 0 bridgehead atoms. The molecule has 0 aliphatic heterocycles. The van der Waals surface area contributed by atoms with Gasteiger partial charge >= 0.3 is 0 Å². The van der Waals surface area contributed by atoms with Crippen molar-refractivity contribution >= 4 is 21.6 Å². The van der Waals surface area contributed by atoms with Gasteiger partial charge in [-0.15, -0.1) is 5.10 Å². The molecule has 0 fully saturated rings. The van der Waals surface area contributed by atoms with Gasteiger partial charge in [0.2, 0.25) is 10.0 Å². The van der Waals surface area contributed by atoms with Crippen LogP contribution in [0.3, 0.4) is 0 Å². The minimum atomic E-state index is -3.77. The molecule has 1 N–H and O–H groups in total. The van der Waals surface area contributed by atoms with Gasteiger partial charge in [-0.1, -0.05) is 23.7 Å². The van der Waals surface area contributed by atoms with Crippen LogP contribution >= 0.6 is 11.6 Å². The lowest BCUT2D eigenvalue weighted by atomic mass is 10.4. The van der Waals surface area contributed by atoms with E-state index in [0.29, 0.717) is 5.82 Å². The van der Waals surface area contributed by atoms with Gasteiger partial charge in [-0.25, -0.2) is 22.5 Å². The van der Waals surface area contributed by atoms with Crippen molar-refractivity contribution < 1.29 is 8.42 Å². The van der Waals surface area contributed by atoms with Crippen LogP contribution in [0.1, 0.15) is 0 Å². The zero-order chi connectivity index (χ0) is 17.9. The van der Waals surface area contributed by atoms with E-state index in [4.69, 9.17) is 11.6 Å². The maximum absolute atomic E-state index is 12.3. The summed E-state index contributed by atoms with van der Waals surface area (Å²) in [6.07, 6.45) is 3.28. The number of halogens is 1. The SMILES string of the molecule is O=c1ccc(-n2cccn2)nn1CCNS(=O)(=O)c1ccccc1Cl. The van der Waals surface area contributed by atoms with E-state index in [1.165, 1.54) is 27.6 Å². The lowest BCUT2D eigenvalue weighted by Crippen LogP contribution is -2.32. The van der Waals surface area contributed by atoms with E-state index in [9.17, 15) is 13.2 Å². The predicted molar refractivity (Wildman–Crippen MR) is 92.3 cm³/mol. The molecule has 2 heterocycles. The first kappa shape index (κ1) is 17.3. The quantitative estimate of drug-likeness (QED) is 0.690. The third kappa shape index (κ3) is 3.95. The van der Waals surface area contributed by atoms with Gasteiger partial charge in [-0.3, -0.25) is 4.79 Å². The van der Waals surface area contributed by atoms with Gasteiger partial charge in [0.1, 0.15) is 4.90 Å². The smallest absolute Gasteiger partial charge is 0.266 e. The number of rotatable bonds is 6. The summed E-state index contributed by atoms with van der Waals surface area (Å²) in [6, 6.07) is 10.8. The number of nitrogens with zero attached hydrogens (tertiary/aromatic N) is 4. The van der Waals surface area contributed by atoms with Crippen LogP contribution in [-0.2, 0) is 16.6 Å². The zero-order valence-corrected chi connectivity index (χ0v) is 14.5. The average Bonchev–Trinajstić information content (AvgIpc) is 3.11. The van der Waals surface area contributed by atoms with Crippen molar-refractivity contribution in [2.24, 2.45) is 0 Å². The average molecular weight is 380 g/mol. The Hall–Kier alpha value is -2.49. The highest BCUT2D eigenvalue weighted by molar-refractivity contribution is 7.89. The largest absolute Gasteiger partial charge is 0.268 e. The molecule has 0 spiro atoms. The van der Waals surface area contributed by atoms with E-state index >= 15 is 0 Å². The Balaban J connectivity index is 1.73. The Morgan fingerprint density at radius 1 is 1.12 bits per heavy atom. The normalized spacial score (nSPS) is 11.6. The van der Waals surface area contributed by atoms with Gasteiger partial charge in [0, 0.05) is 25.0 Å². The fourth-order valence-corrected chi connectivity index (χ4v) is 3.69. The molecule has 25 heavy (non-hydrogen) atoms. The van der Waals surface area contributed by atoms with Crippen LogP contribution in [0, 0.1) is 0 Å². The first-order valence-corrected chi connectivity index (χ1v) is 9.16. The Bertz CT molecular complexity index is 1030. The number of hydrogen-bond acceptors (Lipinski definition) is 5. The van der Waals surface area contributed by atoms with Crippen molar-refractivity contribution in [2.75, 3.05) is 6.54 Å². The fraction of sp³-hybridized carbons (Fsp3) is 0.133. The minimum Gasteiger partial charge on any atom is -0.268 e. The van der Waals surface area contributed by atoms with Crippen LogP contribution in [0.4, 0.5) is 0 Å². The number of nitrogens with one attached hydrogen (secondary N) is 1. The van der Waals surface area contributed by atoms with Crippen LogP contribution in [-0.4, -0.2) is 34.5 Å². The summed E-state index contributed by atoms with van der Waals surface area (Å²) >= 11 is 5.91. The van der Waals surface area contributed by atoms with Crippen LogP contribution in [0.2, 0.25) is 5.02 Å². The van der Waals surface area contributed by atoms with Crippen LogP contribution in [0.25, 0.3) is 5.82 Å². The van der Waals surface area contributed by atoms with Crippen molar-refractivity contribution in [1.29, 1.82) is 0 Å². The van der Waals surface area contributed by atoms with Gasteiger partial charge in [-0.05, 0) is 24.3 Å². The highest BCUT2D eigenvalue weighted by Gasteiger charge is 2.16. The second-order valence-electron chi connectivity index (χ2n) is 5.03. The maximum atomic E-state index is 12.3. The second-order valence-corrected chi connectivity index (χ2v) is 7.17. The number of aromatic nitrogens is 4. The summed E-state index contributed by atoms with van der Waals surface area (Å²) < 4.78 is 29.6. The highest BCUT2D eigenvalue weighted by Crippen LogP contribution is 2.19. The Kier molecular flexibility index (Phi) is 4.98. The number of hydrogen-bond donors (Lipinski definition) is 1. The standard InChI is InChI=1S/C15H14ClN5O3S/c16-12-4-1-2-5-13(12)25(23,24)18-9-11-21-15(22)7-6-14(19-21)20-10-3-8-17-20/h1-8,10,18H,9,11H2. The minimum absolute atomic E-state index is 0.0109. The van der Waals surface area contributed by atoms with Crippen molar-refractivity contribution in [3.8, 4) is 5.82 Å². The summed E-state index contributed by atoms with van der Waals surface area (Å²) in [6.45, 7) is 0.0562. The summed E-state index contributed by atoms with van der Waals surface area (Å²) in [5, 5.41) is 8.34. The molecule has 0 aliphatic rings. The molecule has 3 rings (SSSR count). The molecule has 0 amide bonds. The molecular weight excluding hydrogens is 366 g/mol. The fourth-order valence-electron chi connectivity index (χ4n) is 2.15. The van der Waals surface area contributed by atoms with Crippen molar-refractivity contribution in [2.45, 2.75) is 11.4 Å². The monoisotopic (exact) mass is 379 g/mol. The zero-order valence-electron chi connectivity index (χ0n) is 12.9. The summed E-state index contributed by atoms with van der Waals surface area (Å²) in [5.74, 6) is 0.457. The molecule has 0 radical (unpaired) electrons. The van der Waals surface area contributed by atoms with E-state index in [-0.39, 0.29) is 28.6 Å². The Morgan fingerprint density at radius 2 is 1.92 bits per heavy atom. The van der Waals surface area contributed by atoms with Crippen molar-refractivity contribution in [1.82, 2.24) is 24.3 Å². The van der Waals surface area contributed by atoms with E-state index in [1.54, 1.807) is 36.7 Å².